The number of aromatic amines is 1. The third kappa shape index (κ3) is 3.16. The summed E-state index contributed by atoms with van der Waals surface area (Å²) in [6.07, 6.45) is 4.69. The lowest BCUT2D eigenvalue weighted by Crippen LogP contribution is -2.36. The highest BCUT2D eigenvalue weighted by atomic mass is 16.7. The van der Waals surface area contributed by atoms with E-state index in [2.05, 4.69) is 23.0 Å². The van der Waals surface area contributed by atoms with Crippen LogP contribution in [0.1, 0.15) is 48.7 Å². The van der Waals surface area contributed by atoms with E-state index < -0.39 is 0 Å². The predicted octanol–water partition coefficient (Wildman–Crippen LogP) is 2.98. The van der Waals surface area contributed by atoms with Crippen LogP contribution < -0.4 is 19.8 Å². The molecule has 8 heteroatoms. The Hall–Kier alpha value is -3.00. The first-order valence-corrected chi connectivity index (χ1v) is 11.5. The van der Waals surface area contributed by atoms with Gasteiger partial charge in [-0.2, -0.15) is 0 Å². The van der Waals surface area contributed by atoms with Crippen molar-refractivity contribution in [2.75, 3.05) is 13.4 Å². The quantitative estimate of drug-likeness (QED) is 0.662. The van der Waals surface area contributed by atoms with Gasteiger partial charge in [0.25, 0.3) is 5.56 Å². The fraction of sp³-hybridized carbons (Fsp3) is 0.500. The standard InChI is InChI=1S/C24H28N4O4/c1-3-6-30-20-11-22-21(31-13-32-22)8-15(20)12-27-16-4-5-17(27)10-19-18(9-16)24(29)28-23(25-19)7-14(2)26-28/h7-8,11,16-17,26H,3-6,9-10,12-13H2,1-2H3. The van der Waals surface area contributed by atoms with Crippen molar-refractivity contribution in [2.24, 2.45) is 0 Å². The van der Waals surface area contributed by atoms with E-state index >= 15 is 0 Å². The number of fused-ring (bicyclic) bond motifs is 5. The molecule has 6 rings (SSSR count). The summed E-state index contributed by atoms with van der Waals surface area (Å²) in [7, 11) is 0. The number of benzene rings is 1. The lowest BCUT2D eigenvalue weighted by atomic mass is 9.98. The summed E-state index contributed by atoms with van der Waals surface area (Å²) >= 11 is 0. The van der Waals surface area contributed by atoms with Crippen LogP contribution in [0, 0.1) is 6.92 Å². The van der Waals surface area contributed by atoms with Gasteiger partial charge in [-0.1, -0.05) is 6.92 Å². The van der Waals surface area contributed by atoms with Gasteiger partial charge in [0.1, 0.15) is 5.75 Å². The molecule has 0 aliphatic carbocycles. The number of H-pyrrole nitrogens is 1. The Kier molecular flexibility index (Phi) is 4.64. The predicted molar refractivity (Wildman–Crippen MR) is 119 cm³/mol. The molecule has 3 aromatic rings. The number of nitrogens with zero attached hydrogens (tertiary/aromatic N) is 3. The van der Waals surface area contributed by atoms with Gasteiger partial charge in [0, 0.05) is 54.0 Å². The lowest BCUT2D eigenvalue weighted by molar-refractivity contribution is 0.173. The molecule has 32 heavy (non-hydrogen) atoms. The highest BCUT2D eigenvalue weighted by Crippen LogP contribution is 2.41. The normalized spacial score (nSPS) is 21.7. The number of nitrogens with one attached hydrogen (secondary N) is 1. The second-order valence-corrected chi connectivity index (χ2v) is 9.10. The van der Waals surface area contributed by atoms with Crippen LogP contribution in [0.15, 0.2) is 23.0 Å². The Morgan fingerprint density at radius 2 is 1.94 bits per heavy atom. The summed E-state index contributed by atoms with van der Waals surface area (Å²) in [5.74, 6) is 2.38. The molecule has 2 atom stereocenters. The molecule has 3 aliphatic rings. The first-order valence-electron chi connectivity index (χ1n) is 11.5. The van der Waals surface area contributed by atoms with Crippen molar-refractivity contribution >= 4 is 5.65 Å². The SMILES string of the molecule is CCCOc1cc2c(cc1CN1C3CCC1Cc1c(nc4cc(C)[nH]n4c1=O)C3)OCO2. The Bertz CT molecular complexity index is 1250. The molecule has 5 heterocycles. The Morgan fingerprint density at radius 1 is 1.16 bits per heavy atom. The highest BCUT2D eigenvalue weighted by Gasteiger charge is 2.39. The van der Waals surface area contributed by atoms with Crippen molar-refractivity contribution in [1.29, 1.82) is 0 Å². The summed E-state index contributed by atoms with van der Waals surface area (Å²) in [6.45, 7) is 5.73. The smallest absolute Gasteiger partial charge is 0.276 e. The fourth-order valence-electron chi connectivity index (χ4n) is 5.40. The van der Waals surface area contributed by atoms with Crippen molar-refractivity contribution < 1.29 is 14.2 Å². The van der Waals surface area contributed by atoms with E-state index in [-0.39, 0.29) is 12.4 Å². The van der Waals surface area contributed by atoms with Crippen molar-refractivity contribution in [3.05, 3.63) is 51.1 Å². The molecule has 1 N–H and O–H groups in total. The summed E-state index contributed by atoms with van der Waals surface area (Å²) in [6, 6.07) is 6.63. The van der Waals surface area contributed by atoms with Gasteiger partial charge in [-0.25, -0.2) is 9.50 Å². The molecule has 2 bridgehead atoms. The highest BCUT2D eigenvalue weighted by molar-refractivity contribution is 5.52. The number of rotatable bonds is 5. The van der Waals surface area contributed by atoms with Gasteiger partial charge in [0.2, 0.25) is 6.79 Å². The first-order chi connectivity index (χ1) is 15.6. The maximum absolute atomic E-state index is 13.2. The van der Waals surface area contributed by atoms with E-state index in [0.717, 1.165) is 78.4 Å². The van der Waals surface area contributed by atoms with Crippen LogP contribution in [0.3, 0.4) is 0 Å². The first kappa shape index (κ1) is 19.7. The largest absolute Gasteiger partial charge is 0.493 e. The number of aromatic nitrogens is 3. The van der Waals surface area contributed by atoms with Crippen molar-refractivity contribution in [3.8, 4) is 17.2 Å². The van der Waals surface area contributed by atoms with Gasteiger partial charge < -0.3 is 14.2 Å². The number of hydrogen-bond acceptors (Lipinski definition) is 6. The fourth-order valence-corrected chi connectivity index (χ4v) is 5.40. The average Bonchev–Trinajstić information content (AvgIpc) is 3.44. The molecular weight excluding hydrogens is 408 g/mol. The Morgan fingerprint density at radius 3 is 2.75 bits per heavy atom. The zero-order valence-corrected chi connectivity index (χ0v) is 18.5. The van der Waals surface area contributed by atoms with Crippen molar-refractivity contribution in [3.63, 3.8) is 0 Å². The topological polar surface area (TPSA) is 81.1 Å². The van der Waals surface area contributed by atoms with Crippen LogP contribution in [-0.4, -0.2) is 45.0 Å². The van der Waals surface area contributed by atoms with Gasteiger partial charge in [-0.15, -0.1) is 0 Å². The third-order valence-corrected chi connectivity index (χ3v) is 6.93. The zero-order valence-electron chi connectivity index (χ0n) is 18.5. The number of aryl methyl sites for hydroxylation is 1. The molecule has 168 valence electrons. The molecule has 3 aliphatic heterocycles. The second kappa shape index (κ2) is 7.55. The summed E-state index contributed by atoms with van der Waals surface area (Å²) in [5, 5.41) is 3.13. The van der Waals surface area contributed by atoms with E-state index in [0.29, 0.717) is 24.3 Å². The van der Waals surface area contributed by atoms with Crippen LogP contribution in [0.2, 0.25) is 0 Å². The minimum atomic E-state index is 0.0423. The molecule has 0 radical (unpaired) electrons. The Labute approximate surface area is 186 Å². The molecule has 8 nitrogen and oxygen atoms in total. The van der Waals surface area contributed by atoms with Crippen LogP contribution in [0.25, 0.3) is 5.65 Å². The van der Waals surface area contributed by atoms with Crippen LogP contribution in [-0.2, 0) is 19.4 Å². The van der Waals surface area contributed by atoms with Crippen LogP contribution in [0.4, 0.5) is 0 Å². The van der Waals surface area contributed by atoms with E-state index in [1.165, 1.54) is 0 Å². The van der Waals surface area contributed by atoms with E-state index in [1.807, 2.05) is 19.1 Å². The van der Waals surface area contributed by atoms with Gasteiger partial charge in [0.15, 0.2) is 17.1 Å². The maximum atomic E-state index is 13.2. The summed E-state index contributed by atoms with van der Waals surface area (Å²) in [5.41, 5.74) is 4.62. The molecule has 0 saturated carbocycles. The van der Waals surface area contributed by atoms with Crippen molar-refractivity contribution in [1.82, 2.24) is 19.5 Å². The molecule has 0 amide bonds. The molecule has 1 aromatic carbocycles. The minimum absolute atomic E-state index is 0.0423. The second-order valence-electron chi connectivity index (χ2n) is 9.10. The number of hydrogen-bond donors (Lipinski definition) is 1. The Balaban J connectivity index is 1.34. The van der Waals surface area contributed by atoms with Gasteiger partial charge in [0.05, 0.1) is 12.3 Å². The van der Waals surface area contributed by atoms with E-state index in [4.69, 9.17) is 19.2 Å². The maximum Gasteiger partial charge on any atom is 0.276 e. The lowest BCUT2D eigenvalue weighted by Gasteiger charge is -2.28. The monoisotopic (exact) mass is 436 g/mol. The molecule has 0 spiro atoms. The molecule has 1 saturated heterocycles. The van der Waals surface area contributed by atoms with Crippen LogP contribution in [0.5, 0.6) is 17.2 Å². The molecule has 2 unspecified atom stereocenters. The average molecular weight is 437 g/mol. The van der Waals surface area contributed by atoms with Gasteiger partial charge >= 0.3 is 0 Å². The van der Waals surface area contributed by atoms with E-state index in [9.17, 15) is 4.79 Å². The third-order valence-electron chi connectivity index (χ3n) is 6.93. The zero-order chi connectivity index (χ0) is 21.8. The van der Waals surface area contributed by atoms with Gasteiger partial charge in [-0.3, -0.25) is 14.8 Å². The molecule has 2 aromatic heterocycles. The summed E-state index contributed by atoms with van der Waals surface area (Å²) < 4.78 is 18.9. The minimum Gasteiger partial charge on any atom is -0.493 e. The molecule has 1 fully saturated rings. The molecular formula is C24H28N4O4. The number of ether oxygens (including phenoxy) is 3. The van der Waals surface area contributed by atoms with Gasteiger partial charge in [-0.05, 0) is 38.7 Å². The van der Waals surface area contributed by atoms with Crippen LogP contribution >= 0.6 is 0 Å². The summed E-state index contributed by atoms with van der Waals surface area (Å²) in [4.78, 5) is 20.6. The van der Waals surface area contributed by atoms with Crippen molar-refractivity contribution in [2.45, 2.75) is 64.6 Å². The van der Waals surface area contributed by atoms with E-state index in [1.54, 1.807) is 4.52 Å².